The molecule has 0 radical (unpaired) electrons. The average molecular weight is 289 g/mol. The highest BCUT2D eigenvalue weighted by Crippen LogP contribution is 2.23. The molecule has 2 rings (SSSR count). The Bertz CT molecular complexity index is 371. The van der Waals surface area contributed by atoms with Gasteiger partial charge < -0.3 is 5.32 Å². The van der Waals surface area contributed by atoms with E-state index in [4.69, 9.17) is 0 Å². The highest BCUT2D eigenvalue weighted by atomic mass is 15.2. The van der Waals surface area contributed by atoms with Crippen LogP contribution in [0.5, 0.6) is 0 Å². The monoisotopic (exact) mass is 289 g/mol. The van der Waals surface area contributed by atoms with Crippen molar-refractivity contribution in [1.82, 2.24) is 15.2 Å². The minimum Gasteiger partial charge on any atom is -0.311 e. The molecule has 1 N–H and O–H groups in total. The lowest BCUT2D eigenvalue weighted by molar-refractivity contribution is 0.188. The maximum absolute atomic E-state index is 4.16. The second kappa shape index (κ2) is 9.16. The SMILES string of the molecule is CC(C)CCN(CCNCc1cccnc1)C1CCCC1. The molecule has 1 aromatic heterocycles. The predicted molar refractivity (Wildman–Crippen MR) is 89.2 cm³/mol. The number of rotatable bonds is 9. The van der Waals surface area contributed by atoms with Crippen LogP contribution in [0.25, 0.3) is 0 Å². The molecule has 0 spiro atoms. The summed E-state index contributed by atoms with van der Waals surface area (Å²) in [5.74, 6) is 0.803. The second-order valence-electron chi connectivity index (χ2n) is 6.69. The van der Waals surface area contributed by atoms with Gasteiger partial charge in [0.2, 0.25) is 0 Å². The normalized spacial score (nSPS) is 16.2. The molecule has 21 heavy (non-hydrogen) atoms. The highest BCUT2D eigenvalue weighted by Gasteiger charge is 2.21. The largest absolute Gasteiger partial charge is 0.311 e. The Balaban J connectivity index is 1.70. The molecule has 0 bridgehead atoms. The maximum Gasteiger partial charge on any atom is 0.0312 e. The van der Waals surface area contributed by atoms with Gasteiger partial charge in [0.05, 0.1) is 0 Å². The fourth-order valence-electron chi connectivity index (χ4n) is 3.13. The van der Waals surface area contributed by atoms with Crippen LogP contribution in [0.4, 0.5) is 0 Å². The van der Waals surface area contributed by atoms with Crippen molar-refractivity contribution in [2.75, 3.05) is 19.6 Å². The first-order chi connectivity index (χ1) is 10.3. The zero-order chi connectivity index (χ0) is 14.9. The lowest BCUT2D eigenvalue weighted by atomic mass is 10.1. The van der Waals surface area contributed by atoms with Gasteiger partial charge in [-0.05, 0) is 43.4 Å². The number of pyridine rings is 1. The van der Waals surface area contributed by atoms with E-state index in [-0.39, 0.29) is 0 Å². The third kappa shape index (κ3) is 6.15. The number of aromatic nitrogens is 1. The van der Waals surface area contributed by atoms with E-state index in [1.54, 1.807) is 0 Å². The van der Waals surface area contributed by atoms with Crippen LogP contribution in [0, 0.1) is 5.92 Å². The quantitative estimate of drug-likeness (QED) is 0.706. The molecule has 0 unspecified atom stereocenters. The summed E-state index contributed by atoms with van der Waals surface area (Å²) in [5.41, 5.74) is 1.27. The zero-order valence-corrected chi connectivity index (χ0v) is 13.7. The van der Waals surface area contributed by atoms with Crippen molar-refractivity contribution in [1.29, 1.82) is 0 Å². The molecular formula is C18H31N3. The third-order valence-electron chi connectivity index (χ3n) is 4.46. The van der Waals surface area contributed by atoms with Crippen molar-refractivity contribution in [3.63, 3.8) is 0 Å². The third-order valence-corrected chi connectivity index (χ3v) is 4.46. The molecule has 1 aromatic rings. The molecule has 3 nitrogen and oxygen atoms in total. The summed E-state index contributed by atoms with van der Waals surface area (Å²) in [4.78, 5) is 6.89. The van der Waals surface area contributed by atoms with Gasteiger partial charge in [0.25, 0.3) is 0 Å². The Morgan fingerprint density at radius 3 is 2.76 bits per heavy atom. The Morgan fingerprint density at radius 1 is 1.29 bits per heavy atom. The van der Waals surface area contributed by atoms with Crippen molar-refractivity contribution < 1.29 is 0 Å². The molecular weight excluding hydrogens is 258 g/mol. The molecule has 1 aliphatic carbocycles. The van der Waals surface area contributed by atoms with Gasteiger partial charge in [0.1, 0.15) is 0 Å². The van der Waals surface area contributed by atoms with Crippen molar-refractivity contribution >= 4 is 0 Å². The molecule has 1 fully saturated rings. The molecule has 0 aromatic carbocycles. The van der Waals surface area contributed by atoms with Gasteiger partial charge >= 0.3 is 0 Å². The predicted octanol–water partition coefficient (Wildman–Crippen LogP) is 3.46. The first-order valence-corrected chi connectivity index (χ1v) is 8.59. The zero-order valence-electron chi connectivity index (χ0n) is 13.7. The topological polar surface area (TPSA) is 28.2 Å². The minimum atomic E-state index is 0.803. The summed E-state index contributed by atoms with van der Waals surface area (Å²) in [6.07, 6.45) is 10.7. The molecule has 0 aliphatic heterocycles. The first kappa shape index (κ1) is 16.4. The molecule has 1 saturated carbocycles. The summed E-state index contributed by atoms with van der Waals surface area (Å²) in [6, 6.07) is 4.97. The van der Waals surface area contributed by atoms with E-state index in [2.05, 4.69) is 35.1 Å². The molecule has 0 atom stereocenters. The Kier molecular flexibility index (Phi) is 7.17. The van der Waals surface area contributed by atoms with Gasteiger partial charge in [-0.1, -0.05) is 32.8 Å². The smallest absolute Gasteiger partial charge is 0.0312 e. The van der Waals surface area contributed by atoms with E-state index in [0.29, 0.717) is 0 Å². The van der Waals surface area contributed by atoms with Crippen molar-refractivity contribution in [2.45, 2.75) is 58.5 Å². The van der Waals surface area contributed by atoms with Crippen molar-refractivity contribution in [3.8, 4) is 0 Å². The Hall–Kier alpha value is -0.930. The standard InChI is InChI=1S/C18H31N3/c1-16(2)9-12-21(18-7-3-4-8-18)13-11-20-15-17-6-5-10-19-14-17/h5-6,10,14,16,18,20H,3-4,7-9,11-13,15H2,1-2H3. The molecule has 3 heteroatoms. The van der Waals surface area contributed by atoms with Crippen LogP contribution in [0.3, 0.4) is 0 Å². The van der Waals surface area contributed by atoms with Crippen molar-refractivity contribution in [3.05, 3.63) is 30.1 Å². The summed E-state index contributed by atoms with van der Waals surface area (Å²) >= 11 is 0. The lowest BCUT2D eigenvalue weighted by Gasteiger charge is -2.29. The van der Waals surface area contributed by atoms with Crippen LogP contribution >= 0.6 is 0 Å². The van der Waals surface area contributed by atoms with Gasteiger partial charge in [-0.25, -0.2) is 0 Å². The Morgan fingerprint density at radius 2 is 2.10 bits per heavy atom. The van der Waals surface area contributed by atoms with Crippen LogP contribution in [0.15, 0.2) is 24.5 Å². The van der Waals surface area contributed by atoms with Crippen LogP contribution in [0.2, 0.25) is 0 Å². The number of hydrogen-bond acceptors (Lipinski definition) is 3. The van der Waals surface area contributed by atoms with Crippen LogP contribution < -0.4 is 5.32 Å². The molecule has 1 heterocycles. The summed E-state index contributed by atoms with van der Waals surface area (Å²) < 4.78 is 0. The Labute approximate surface area is 130 Å². The van der Waals surface area contributed by atoms with Gasteiger partial charge in [-0.15, -0.1) is 0 Å². The van der Waals surface area contributed by atoms with E-state index in [1.807, 2.05) is 18.5 Å². The summed E-state index contributed by atoms with van der Waals surface area (Å²) in [6.45, 7) is 9.09. The van der Waals surface area contributed by atoms with E-state index in [9.17, 15) is 0 Å². The molecule has 0 saturated heterocycles. The lowest BCUT2D eigenvalue weighted by Crippen LogP contribution is -2.39. The summed E-state index contributed by atoms with van der Waals surface area (Å²) in [7, 11) is 0. The average Bonchev–Trinajstić information content (AvgIpc) is 3.01. The van der Waals surface area contributed by atoms with E-state index >= 15 is 0 Å². The van der Waals surface area contributed by atoms with Crippen LogP contribution in [-0.4, -0.2) is 35.6 Å². The number of nitrogens with zero attached hydrogens (tertiary/aromatic N) is 2. The maximum atomic E-state index is 4.16. The van der Waals surface area contributed by atoms with Crippen LogP contribution in [0.1, 0.15) is 51.5 Å². The first-order valence-electron chi connectivity index (χ1n) is 8.59. The van der Waals surface area contributed by atoms with Gasteiger partial charge in [0, 0.05) is 38.1 Å². The van der Waals surface area contributed by atoms with E-state index in [1.165, 1.54) is 50.8 Å². The van der Waals surface area contributed by atoms with Crippen LogP contribution in [-0.2, 0) is 6.54 Å². The number of hydrogen-bond donors (Lipinski definition) is 1. The van der Waals surface area contributed by atoms with E-state index < -0.39 is 0 Å². The molecule has 118 valence electrons. The summed E-state index contributed by atoms with van der Waals surface area (Å²) in [5, 5.41) is 3.56. The molecule has 0 amide bonds. The van der Waals surface area contributed by atoms with Gasteiger partial charge in [0.15, 0.2) is 0 Å². The molecule has 1 aliphatic rings. The fraction of sp³-hybridized carbons (Fsp3) is 0.722. The van der Waals surface area contributed by atoms with E-state index in [0.717, 1.165) is 25.0 Å². The highest BCUT2D eigenvalue weighted by molar-refractivity contribution is 5.07. The van der Waals surface area contributed by atoms with Gasteiger partial charge in [-0.3, -0.25) is 9.88 Å². The number of nitrogens with one attached hydrogen (secondary N) is 1. The minimum absolute atomic E-state index is 0.803. The van der Waals surface area contributed by atoms with Crippen molar-refractivity contribution in [2.24, 2.45) is 5.92 Å². The van der Waals surface area contributed by atoms with Gasteiger partial charge in [-0.2, -0.15) is 0 Å². The second-order valence-corrected chi connectivity index (χ2v) is 6.69. The fourth-order valence-corrected chi connectivity index (χ4v) is 3.13.